The first-order valence-corrected chi connectivity index (χ1v) is 6.05. The van der Waals surface area contributed by atoms with Gasteiger partial charge in [-0.15, -0.1) is 0 Å². The Labute approximate surface area is 108 Å². The van der Waals surface area contributed by atoms with Crippen LogP contribution in [0.2, 0.25) is 0 Å². The molecule has 1 aromatic rings. The molecule has 0 saturated heterocycles. The molecule has 6 heteroatoms. The first-order chi connectivity index (χ1) is 7.63. The van der Waals surface area contributed by atoms with Crippen molar-refractivity contribution in [1.29, 1.82) is 0 Å². The molecule has 0 aliphatic rings. The van der Waals surface area contributed by atoms with E-state index in [9.17, 15) is 4.79 Å². The summed E-state index contributed by atoms with van der Waals surface area (Å²) in [6.45, 7) is 2.77. The Morgan fingerprint density at radius 1 is 1.50 bits per heavy atom. The lowest BCUT2D eigenvalue weighted by atomic mass is 10.4. The van der Waals surface area contributed by atoms with Gasteiger partial charge in [-0.3, -0.25) is 4.79 Å². The Bertz CT molecular complexity index is 342. The van der Waals surface area contributed by atoms with Gasteiger partial charge in [0.15, 0.2) is 0 Å². The lowest BCUT2D eigenvalue weighted by Crippen LogP contribution is -2.23. The molecule has 1 heterocycles. The lowest BCUT2D eigenvalue weighted by Gasteiger charge is -2.15. The Hall–Kier alpha value is -0.920. The van der Waals surface area contributed by atoms with Crippen LogP contribution in [0.1, 0.15) is 13.3 Å². The van der Waals surface area contributed by atoms with E-state index >= 15 is 0 Å². The third-order valence-corrected chi connectivity index (χ3v) is 2.46. The molecule has 0 spiro atoms. The molecule has 0 aliphatic heterocycles. The predicted molar refractivity (Wildman–Crippen MR) is 69.3 cm³/mol. The molecule has 88 valence electrons. The van der Waals surface area contributed by atoms with E-state index < -0.39 is 0 Å². The fourth-order valence-corrected chi connectivity index (χ4v) is 1.37. The Kier molecular flexibility index (Phi) is 5.44. The highest BCUT2D eigenvalue weighted by atomic mass is 127. The van der Waals surface area contributed by atoms with Gasteiger partial charge in [0.1, 0.15) is 0 Å². The van der Waals surface area contributed by atoms with E-state index in [0.29, 0.717) is 25.5 Å². The molecule has 0 bridgehead atoms. The minimum Gasteiger partial charge on any atom is -0.466 e. The van der Waals surface area contributed by atoms with E-state index in [1.807, 2.05) is 11.9 Å². The topological polar surface area (TPSA) is 55.3 Å². The molecule has 0 N–H and O–H groups in total. The van der Waals surface area contributed by atoms with Gasteiger partial charge < -0.3 is 9.64 Å². The summed E-state index contributed by atoms with van der Waals surface area (Å²) in [5.74, 6) is 0.421. The normalized spacial score (nSPS) is 9.94. The molecule has 0 atom stereocenters. The van der Waals surface area contributed by atoms with Gasteiger partial charge in [-0.2, -0.15) is 0 Å². The zero-order valence-electron chi connectivity index (χ0n) is 9.31. The molecule has 0 aromatic carbocycles. The van der Waals surface area contributed by atoms with Gasteiger partial charge in [0.05, 0.1) is 13.0 Å². The summed E-state index contributed by atoms with van der Waals surface area (Å²) in [5, 5.41) is 0. The van der Waals surface area contributed by atoms with Gasteiger partial charge in [0.2, 0.25) is 5.95 Å². The maximum Gasteiger partial charge on any atom is 0.307 e. The molecule has 0 aliphatic carbocycles. The van der Waals surface area contributed by atoms with E-state index in [2.05, 4.69) is 32.6 Å². The summed E-state index contributed by atoms with van der Waals surface area (Å²) < 4.78 is 5.83. The second-order valence-corrected chi connectivity index (χ2v) is 4.42. The summed E-state index contributed by atoms with van der Waals surface area (Å²) >= 11 is 2.15. The van der Waals surface area contributed by atoms with Crippen molar-refractivity contribution >= 4 is 34.5 Å². The van der Waals surface area contributed by atoms with Crippen LogP contribution in [-0.2, 0) is 9.53 Å². The van der Waals surface area contributed by atoms with Gasteiger partial charge in [0.25, 0.3) is 0 Å². The maximum atomic E-state index is 11.1. The lowest BCUT2D eigenvalue weighted by molar-refractivity contribution is -0.142. The maximum absolute atomic E-state index is 11.1. The summed E-state index contributed by atoms with van der Waals surface area (Å²) in [4.78, 5) is 21.3. The number of carbonyl (C=O) groups is 1. The van der Waals surface area contributed by atoms with E-state index in [0.717, 1.165) is 3.57 Å². The Balaban J connectivity index is 2.43. The molecule has 1 aromatic heterocycles. The molecular formula is C10H14IN3O2. The standard InChI is InChI=1S/C10H14IN3O2/c1-3-16-9(15)4-5-14(2)10-12-6-8(11)7-13-10/h6-7H,3-5H2,1-2H3. The third kappa shape index (κ3) is 4.30. The van der Waals surface area contributed by atoms with Crippen LogP contribution in [0.5, 0.6) is 0 Å². The minimum absolute atomic E-state index is 0.195. The average molecular weight is 335 g/mol. The van der Waals surface area contributed by atoms with Crippen LogP contribution in [0.4, 0.5) is 5.95 Å². The smallest absolute Gasteiger partial charge is 0.307 e. The van der Waals surface area contributed by atoms with Gasteiger partial charge >= 0.3 is 5.97 Å². The number of anilines is 1. The highest BCUT2D eigenvalue weighted by Crippen LogP contribution is 2.07. The molecular weight excluding hydrogens is 321 g/mol. The number of hydrogen-bond donors (Lipinski definition) is 0. The first-order valence-electron chi connectivity index (χ1n) is 4.97. The number of carbonyl (C=O) groups excluding carboxylic acids is 1. The van der Waals surface area contributed by atoms with Crippen LogP contribution < -0.4 is 4.90 Å². The van der Waals surface area contributed by atoms with Crippen molar-refractivity contribution in [2.75, 3.05) is 25.1 Å². The summed E-state index contributed by atoms with van der Waals surface area (Å²) in [5.41, 5.74) is 0. The molecule has 0 saturated carbocycles. The number of hydrogen-bond acceptors (Lipinski definition) is 5. The molecule has 0 fully saturated rings. The van der Waals surface area contributed by atoms with E-state index in [1.54, 1.807) is 19.3 Å². The Morgan fingerprint density at radius 2 is 2.12 bits per heavy atom. The summed E-state index contributed by atoms with van der Waals surface area (Å²) in [7, 11) is 1.85. The van der Waals surface area contributed by atoms with Crippen molar-refractivity contribution in [3.8, 4) is 0 Å². The van der Waals surface area contributed by atoms with Crippen molar-refractivity contribution in [3.63, 3.8) is 0 Å². The van der Waals surface area contributed by atoms with Crippen molar-refractivity contribution in [3.05, 3.63) is 16.0 Å². The summed E-state index contributed by atoms with van der Waals surface area (Å²) in [6, 6.07) is 0. The van der Waals surface area contributed by atoms with Crippen LogP contribution in [-0.4, -0.2) is 36.1 Å². The van der Waals surface area contributed by atoms with Crippen molar-refractivity contribution < 1.29 is 9.53 Å². The highest BCUT2D eigenvalue weighted by Gasteiger charge is 2.07. The molecule has 0 unspecified atom stereocenters. The number of aromatic nitrogens is 2. The second-order valence-electron chi connectivity index (χ2n) is 3.18. The molecule has 0 radical (unpaired) electrons. The van der Waals surface area contributed by atoms with E-state index in [-0.39, 0.29) is 5.97 Å². The average Bonchev–Trinajstić information content (AvgIpc) is 2.27. The van der Waals surface area contributed by atoms with Crippen LogP contribution >= 0.6 is 22.6 Å². The predicted octanol–water partition coefficient (Wildman–Crippen LogP) is 1.47. The van der Waals surface area contributed by atoms with Crippen LogP contribution in [0.15, 0.2) is 12.4 Å². The van der Waals surface area contributed by atoms with Crippen molar-refractivity contribution in [2.24, 2.45) is 0 Å². The zero-order chi connectivity index (χ0) is 12.0. The number of rotatable bonds is 5. The van der Waals surface area contributed by atoms with Gasteiger partial charge in [-0.1, -0.05) is 0 Å². The minimum atomic E-state index is -0.195. The van der Waals surface area contributed by atoms with Crippen molar-refractivity contribution in [2.45, 2.75) is 13.3 Å². The number of esters is 1. The van der Waals surface area contributed by atoms with Crippen LogP contribution in [0.3, 0.4) is 0 Å². The number of ether oxygens (including phenoxy) is 1. The van der Waals surface area contributed by atoms with E-state index in [4.69, 9.17) is 4.74 Å². The molecule has 5 nitrogen and oxygen atoms in total. The SMILES string of the molecule is CCOC(=O)CCN(C)c1ncc(I)cn1. The van der Waals surface area contributed by atoms with Gasteiger partial charge in [-0.25, -0.2) is 9.97 Å². The zero-order valence-corrected chi connectivity index (χ0v) is 11.5. The van der Waals surface area contributed by atoms with Gasteiger partial charge in [-0.05, 0) is 29.5 Å². The molecule has 1 rings (SSSR count). The molecule has 0 amide bonds. The van der Waals surface area contributed by atoms with Crippen molar-refractivity contribution in [1.82, 2.24) is 9.97 Å². The highest BCUT2D eigenvalue weighted by molar-refractivity contribution is 14.1. The number of nitrogens with zero attached hydrogens (tertiary/aromatic N) is 3. The molecule has 16 heavy (non-hydrogen) atoms. The fraction of sp³-hybridized carbons (Fsp3) is 0.500. The van der Waals surface area contributed by atoms with E-state index in [1.165, 1.54) is 0 Å². The van der Waals surface area contributed by atoms with Gasteiger partial charge in [0, 0.05) is 29.6 Å². The summed E-state index contributed by atoms with van der Waals surface area (Å²) in [6.07, 6.45) is 3.83. The number of halogens is 1. The third-order valence-electron chi connectivity index (χ3n) is 1.90. The second kappa shape index (κ2) is 6.62. The Morgan fingerprint density at radius 3 is 2.69 bits per heavy atom. The quantitative estimate of drug-likeness (QED) is 0.603. The van der Waals surface area contributed by atoms with Crippen LogP contribution in [0, 0.1) is 3.57 Å². The monoisotopic (exact) mass is 335 g/mol. The fourth-order valence-electron chi connectivity index (χ4n) is 1.09. The largest absolute Gasteiger partial charge is 0.466 e. The van der Waals surface area contributed by atoms with Crippen LogP contribution in [0.25, 0.3) is 0 Å². The first kappa shape index (κ1) is 13.1.